The molecule has 0 atom stereocenters. The summed E-state index contributed by atoms with van der Waals surface area (Å²) in [5.74, 6) is 0.659. The zero-order valence-electron chi connectivity index (χ0n) is 13.3. The van der Waals surface area contributed by atoms with Crippen molar-refractivity contribution in [1.82, 2.24) is 14.9 Å². The zero-order valence-corrected chi connectivity index (χ0v) is 13.3. The number of nitrogens with zero attached hydrogens (tertiary/aromatic N) is 2. The van der Waals surface area contributed by atoms with E-state index in [0.717, 1.165) is 18.5 Å². The maximum atomic E-state index is 12.3. The molecule has 1 aliphatic rings. The van der Waals surface area contributed by atoms with E-state index in [1.165, 1.54) is 0 Å². The van der Waals surface area contributed by atoms with Crippen molar-refractivity contribution in [3.8, 4) is 0 Å². The first-order valence-electron chi connectivity index (χ1n) is 7.79. The van der Waals surface area contributed by atoms with E-state index in [0.29, 0.717) is 30.1 Å². The third kappa shape index (κ3) is 2.64. The second-order valence-corrected chi connectivity index (χ2v) is 6.61. The number of para-hydroxylation sites is 1. The third-order valence-electron chi connectivity index (χ3n) is 4.16. The SMILES string of the molecule is CC1(C)CN(Cc2nc3c(oc4ccccc43)c(=O)[nH]2)CCO1. The summed E-state index contributed by atoms with van der Waals surface area (Å²) >= 11 is 0. The number of rotatable bonds is 2. The molecule has 0 amide bonds. The number of morpholine rings is 1. The van der Waals surface area contributed by atoms with Crippen LogP contribution in [-0.2, 0) is 11.3 Å². The van der Waals surface area contributed by atoms with Crippen LogP contribution in [0.2, 0.25) is 0 Å². The summed E-state index contributed by atoms with van der Waals surface area (Å²) < 4.78 is 11.3. The minimum absolute atomic E-state index is 0.176. The van der Waals surface area contributed by atoms with Gasteiger partial charge < -0.3 is 14.1 Å². The lowest BCUT2D eigenvalue weighted by molar-refractivity contribution is -0.0887. The molecule has 6 nitrogen and oxygen atoms in total. The minimum Gasteiger partial charge on any atom is -0.449 e. The number of aromatic amines is 1. The quantitative estimate of drug-likeness (QED) is 0.786. The monoisotopic (exact) mass is 313 g/mol. The number of fused-ring (bicyclic) bond motifs is 3. The summed E-state index contributed by atoms with van der Waals surface area (Å²) in [5, 5.41) is 0.872. The van der Waals surface area contributed by atoms with Gasteiger partial charge in [-0.3, -0.25) is 9.69 Å². The van der Waals surface area contributed by atoms with Crippen molar-refractivity contribution < 1.29 is 9.15 Å². The average Bonchev–Trinajstić information content (AvgIpc) is 2.86. The van der Waals surface area contributed by atoms with Crippen LogP contribution in [0, 0.1) is 0 Å². The normalized spacial score (nSPS) is 18.7. The molecule has 1 fully saturated rings. The van der Waals surface area contributed by atoms with Gasteiger partial charge in [0.1, 0.15) is 16.9 Å². The minimum atomic E-state index is -0.228. The van der Waals surface area contributed by atoms with E-state index in [9.17, 15) is 4.79 Å². The first kappa shape index (κ1) is 14.4. The van der Waals surface area contributed by atoms with Crippen LogP contribution in [0.3, 0.4) is 0 Å². The van der Waals surface area contributed by atoms with E-state index >= 15 is 0 Å². The molecule has 0 bridgehead atoms. The van der Waals surface area contributed by atoms with Gasteiger partial charge in [-0.2, -0.15) is 0 Å². The van der Waals surface area contributed by atoms with Crippen molar-refractivity contribution in [1.29, 1.82) is 0 Å². The second-order valence-electron chi connectivity index (χ2n) is 6.61. The van der Waals surface area contributed by atoms with E-state index in [2.05, 4.69) is 28.7 Å². The predicted molar refractivity (Wildman–Crippen MR) is 87.4 cm³/mol. The number of furan rings is 1. The molecule has 1 aromatic carbocycles. The molecule has 0 aliphatic carbocycles. The van der Waals surface area contributed by atoms with Gasteiger partial charge in [-0.05, 0) is 26.0 Å². The molecular weight excluding hydrogens is 294 g/mol. The van der Waals surface area contributed by atoms with Gasteiger partial charge in [0.15, 0.2) is 0 Å². The molecule has 0 radical (unpaired) electrons. The van der Waals surface area contributed by atoms with Gasteiger partial charge in [-0.15, -0.1) is 0 Å². The summed E-state index contributed by atoms with van der Waals surface area (Å²) in [4.78, 5) is 22.0. The Morgan fingerprint density at radius 1 is 1.35 bits per heavy atom. The number of H-pyrrole nitrogens is 1. The maximum absolute atomic E-state index is 12.3. The highest BCUT2D eigenvalue weighted by Gasteiger charge is 2.27. The van der Waals surface area contributed by atoms with Crippen molar-refractivity contribution in [2.45, 2.75) is 26.0 Å². The summed E-state index contributed by atoms with van der Waals surface area (Å²) in [6, 6.07) is 7.58. The molecule has 23 heavy (non-hydrogen) atoms. The molecule has 120 valence electrons. The summed E-state index contributed by atoms with van der Waals surface area (Å²) in [5.41, 5.74) is 1.20. The molecule has 4 rings (SSSR count). The fraction of sp³-hybridized carbons (Fsp3) is 0.412. The third-order valence-corrected chi connectivity index (χ3v) is 4.16. The van der Waals surface area contributed by atoms with Gasteiger partial charge in [-0.1, -0.05) is 12.1 Å². The molecular formula is C17H19N3O3. The molecule has 1 aliphatic heterocycles. The molecule has 3 heterocycles. The van der Waals surface area contributed by atoms with Crippen molar-refractivity contribution in [2.75, 3.05) is 19.7 Å². The second kappa shape index (κ2) is 5.18. The molecule has 0 unspecified atom stereocenters. The number of hydrogen-bond acceptors (Lipinski definition) is 5. The van der Waals surface area contributed by atoms with Crippen molar-refractivity contribution in [3.63, 3.8) is 0 Å². The van der Waals surface area contributed by atoms with Crippen LogP contribution in [0.5, 0.6) is 0 Å². The van der Waals surface area contributed by atoms with E-state index in [1.807, 2.05) is 24.3 Å². The Labute approximate surface area is 133 Å². The van der Waals surface area contributed by atoms with E-state index < -0.39 is 0 Å². The summed E-state index contributed by atoms with van der Waals surface area (Å²) in [6.45, 7) is 7.06. The highest BCUT2D eigenvalue weighted by Crippen LogP contribution is 2.25. The van der Waals surface area contributed by atoms with Crippen molar-refractivity contribution >= 4 is 22.1 Å². The first-order valence-corrected chi connectivity index (χ1v) is 7.79. The average molecular weight is 313 g/mol. The molecule has 0 saturated carbocycles. The van der Waals surface area contributed by atoms with Crippen LogP contribution in [0.1, 0.15) is 19.7 Å². The Balaban J connectivity index is 1.73. The van der Waals surface area contributed by atoms with Gasteiger partial charge in [-0.25, -0.2) is 4.98 Å². The highest BCUT2D eigenvalue weighted by molar-refractivity contribution is 6.01. The topological polar surface area (TPSA) is 71.4 Å². The molecule has 2 aromatic heterocycles. The van der Waals surface area contributed by atoms with Gasteiger partial charge in [0, 0.05) is 18.5 Å². The van der Waals surface area contributed by atoms with Crippen LogP contribution < -0.4 is 5.56 Å². The number of nitrogens with one attached hydrogen (secondary N) is 1. The summed E-state index contributed by atoms with van der Waals surface area (Å²) in [7, 11) is 0. The van der Waals surface area contributed by atoms with Crippen molar-refractivity contribution in [2.24, 2.45) is 0 Å². The molecule has 1 saturated heterocycles. The molecule has 0 spiro atoms. The van der Waals surface area contributed by atoms with Crippen LogP contribution in [0.4, 0.5) is 0 Å². The highest BCUT2D eigenvalue weighted by atomic mass is 16.5. The number of aromatic nitrogens is 2. The Morgan fingerprint density at radius 3 is 3.00 bits per heavy atom. The lowest BCUT2D eigenvalue weighted by Gasteiger charge is -2.37. The standard InChI is InChI=1S/C17H19N3O3/c1-17(2)10-20(7-8-22-17)9-13-18-14-11-5-3-4-6-12(11)23-15(14)16(21)19-13/h3-6H,7-10H2,1-2H3,(H,18,19,21). The van der Waals surface area contributed by atoms with Gasteiger partial charge in [0.05, 0.1) is 18.8 Å². The fourth-order valence-electron chi connectivity index (χ4n) is 3.18. The fourth-order valence-corrected chi connectivity index (χ4v) is 3.18. The van der Waals surface area contributed by atoms with E-state index in [-0.39, 0.29) is 16.7 Å². The Bertz CT molecular complexity index is 926. The smallest absolute Gasteiger partial charge is 0.294 e. The Hall–Kier alpha value is -2.18. The predicted octanol–water partition coefficient (Wildman–Crippen LogP) is 2.28. The Kier molecular flexibility index (Phi) is 3.25. The molecule has 1 N–H and O–H groups in total. The number of hydrogen-bond donors (Lipinski definition) is 1. The van der Waals surface area contributed by atoms with Gasteiger partial charge in [0.2, 0.25) is 5.58 Å². The zero-order chi connectivity index (χ0) is 16.0. The lowest BCUT2D eigenvalue weighted by atomic mass is 10.1. The Morgan fingerprint density at radius 2 is 2.17 bits per heavy atom. The molecule has 3 aromatic rings. The largest absolute Gasteiger partial charge is 0.449 e. The lowest BCUT2D eigenvalue weighted by Crippen LogP contribution is -2.48. The number of ether oxygens (including phenoxy) is 1. The summed E-state index contributed by atoms with van der Waals surface area (Å²) in [6.07, 6.45) is 0. The van der Waals surface area contributed by atoms with Crippen molar-refractivity contribution in [3.05, 3.63) is 40.4 Å². The van der Waals surface area contributed by atoms with Gasteiger partial charge in [0.25, 0.3) is 5.56 Å². The first-order chi connectivity index (χ1) is 11.0. The van der Waals surface area contributed by atoms with Crippen LogP contribution >= 0.6 is 0 Å². The van der Waals surface area contributed by atoms with Crippen LogP contribution in [0.25, 0.3) is 22.1 Å². The van der Waals surface area contributed by atoms with Crippen LogP contribution in [0.15, 0.2) is 33.5 Å². The van der Waals surface area contributed by atoms with E-state index in [1.54, 1.807) is 0 Å². The number of benzene rings is 1. The maximum Gasteiger partial charge on any atom is 0.294 e. The van der Waals surface area contributed by atoms with E-state index in [4.69, 9.17) is 9.15 Å². The van der Waals surface area contributed by atoms with Gasteiger partial charge >= 0.3 is 0 Å². The van der Waals surface area contributed by atoms with Crippen LogP contribution in [-0.4, -0.2) is 40.2 Å². The molecule has 6 heteroatoms.